The molecule has 8 nitrogen and oxygen atoms in total. The molecule has 4 heterocycles. The zero-order valence-electron chi connectivity index (χ0n) is 15.8. The topological polar surface area (TPSA) is 88.3 Å². The number of nitrogens with zero attached hydrogens (tertiary/aromatic N) is 6. The molecule has 0 radical (unpaired) electrons. The number of hydrogen-bond donors (Lipinski definition) is 1. The number of hydrogen-bond acceptors (Lipinski definition) is 6. The zero-order valence-corrected chi connectivity index (χ0v) is 15.8. The van der Waals surface area contributed by atoms with Crippen molar-refractivity contribution in [3.8, 4) is 0 Å². The van der Waals surface area contributed by atoms with Gasteiger partial charge in [0.15, 0.2) is 11.5 Å². The van der Waals surface area contributed by atoms with Gasteiger partial charge < -0.3 is 10.2 Å². The maximum Gasteiger partial charge on any atom is 0.433 e. The Hall–Kier alpha value is -3.24. The van der Waals surface area contributed by atoms with Crippen LogP contribution in [0.2, 0.25) is 0 Å². The van der Waals surface area contributed by atoms with E-state index in [4.69, 9.17) is 0 Å². The number of carbonyl (C=O) groups excluding carboxylic acids is 1. The molecule has 2 fully saturated rings. The van der Waals surface area contributed by atoms with Gasteiger partial charge in [0, 0.05) is 37.7 Å². The molecule has 30 heavy (non-hydrogen) atoms. The number of halogens is 3. The molecule has 1 aliphatic heterocycles. The van der Waals surface area contributed by atoms with Crippen molar-refractivity contribution in [2.24, 2.45) is 5.92 Å². The summed E-state index contributed by atoms with van der Waals surface area (Å²) in [4.78, 5) is 17.6. The van der Waals surface area contributed by atoms with Crippen LogP contribution in [0, 0.1) is 5.92 Å². The molecule has 0 aromatic carbocycles. The molecular weight excluding hydrogens is 399 g/mol. The Kier molecular flexibility index (Phi) is 4.33. The van der Waals surface area contributed by atoms with Crippen molar-refractivity contribution in [3.05, 3.63) is 47.5 Å². The summed E-state index contributed by atoms with van der Waals surface area (Å²) in [5.74, 6) is 1.98. The largest absolute Gasteiger partial charge is 0.433 e. The molecule has 0 spiro atoms. The van der Waals surface area contributed by atoms with E-state index in [1.807, 2.05) is 12.1 Å². The highest BCUT2D eigenvalue weighted by Crippen LogP contribution is 2.39. The monoisotopic (exact) mass is 417 g/mol. The number of nitrogens with one attached hydrogen (secondary N) is 1. The smallest absolute Gasteiger partial charge is 0.354 e. The van der Waals surface area contributed by atoms with Gasteiger partial charge in [-0.2, -0.15) is 17.7 Å². The second kappa shape index (κ2) is 6.92. The third kappa shape index (κ3) is 3.55. The first-order valence-electron chi connectivity index (χ1n) is 9.67. The second-order valence-electron chi connectivity index (χ2n) is 7.70. The van der Waals surface area contributed by atoms with Crippen molar-refractivity contribution < 1.29 is 18.0 Å². The van der Waals surface area contributed by atoms with Gasteiger partial charge in [-0.15, -0.1) is 15.3 Å². The summed E-state index contributed by atoms with van der Waals surface area (Å²) >= 11 is 0. The maximum absolute atomic E-state index is 12.6. The highest BCUT2D eigenvalue weighted by Gasteiger charge is 2.33. The van der Waals surface area contributed by atoms with E-state index in [0.717, 1.165) is 61.6 Å². The highest BCUT2D eigenvalue weighted by atomic mass is 19.4. The van der Waals surface area contributed by atoms with E-state index in [1.165, 1.54) is 0 Å². The third-order valence-electron chi connectivity index (χ3n) is 5.36. The fourth-order valence-corrected chi connectivity index (χ4v) is 3.48. The molecule has 11 heteroatoms. The molecule has 0 atom stereocenters. The first kappa shape index (κ1) is 18.8. The van der Waals surface area contributed by atoms with Crippen molar-refractivity contribution in [1.29, 1.82) is 0 Å². The number of aromatic nitrogens is 5. The standard InChI is InChI=1S/C19H18F3N7O/c20-19(21,22)14-4-3-13(8-23-14)18(30)24-7-11-9-28(10-11)16-6-5-15-25-26-17(12-1-2-12)29(15)27-16/h3-6,8,11-12H,1-2,7,9-10H2,(H,24,30). The Labute approximate surface area is 169 Å². The maximum atomic E-state index is 12.6. The van der Waals surface area contributed by atoms with Crippen LogP contribution in [-0.2, 0) is 6.18 Å². The average molecular weight is 417 g/mol. The number of rotatable bonds is 5. The molecule has 0 unspecified atom stereocenters. The second-order valence-corrected chi connectivity index (χ2v) is 7.70. The van der Waals surface area contributed by atoms with Crippen LogP contribution in [0.1, 0.15) is 40.6 Å². The van der Waals surface area contributed by atoms with Crippen molar-refractivity contribution in [2.45, 2.75) is 24.9 Å². The van der Waals surface area contributed by atoms with Gasteiger partial charge in [0.25, 0.3) is 5.91 Å². The minimum atomic E-state index is -4.52. The van der Waals surface area contributed by atoms with Crippen molar-refractivity contribution in [1.82, 2.24) is 30.1 Å². The lowest BCUT2D eigenvalue weighted by molar-refractivity contribution is -0.141. The first-order valence-corrected chi connectivity index (χ1v) is 9.67. The van der Waals surface area contributed by atoms with E-state index < -0.39 is 17.8 Å². The molecule has 1 aliphatic carbocycles. The fraction of sp³-hybridized carbons (Fsp3) is 0.421. The minimum absolute atomic E-state index is 0.103. The van der Waals surface area contributed by atoms with Crippen LogP contribution in [0.3, 0.4) is 0 Å². The molecule has 3 aromatic heterocycles. The van der Waals surface area contributed by atoms with Crippen LogP contribution in [0.4, 0.5) is 19.0 Å². The summed E-state index contributed by atoms with van der Waals surface area (Å²) in [6, 6.07) is 5.74. The normalized spacial score (nSPS) is 17.2. The molecule has 1 amide bonds. The van der Waals surface area contributed by atoms with Gasteiger partial charge in [-0.25, -0.2) is 0 Å². The van der Waals surface area contributed by atoms with E-state index in [0.29, 0.717) is 12.5 Å². The lowest BCUT2D eigenvalue weighted by atomic mass is 10.00. The number of alkyl halides is 3. The van der Waals surface area contributed by atoms with Gasteiger partial charge in [0.1, 0.15) is 11.5 Å². The van der Waals surface area contributed by atoms with Crippen molar-refractivity contribution in [3.63, 3.8) is 0 Å². The van der Waals surface area contributed by atoms with Crippen molar-refractivity contribution >= 4 is 17.4 Å². The lowest BCUT2D eigenvalue weighted by Crippen LogP contribution is -2.52. The molecule has 5 rings (SSSR count). The quantitative estimate of drug-likeness (QED) is 0.685. The SMILES string of the molecule is O=C(NCC1CN(c2ccc3nnc(C4CC4)n3n2)C1)c1ccc(C(F)(F)F)nc1. The summed E-state index contributed by atoms with van der Waals surface area (Å²) < 4.78 is 39.5. The zero-order chi connectivity index (χ0) is 20.9. The predicted octanol–water partition coefficient (Wildman–Crippen LogP) is 2.28. The molecule has 3 aromatic rings. The molecule has 1 saturated heterocycles. The third-order valence-corrected chi connectivity index (χ3v) is 5.36. The fourth-order valence-electron chi connectivity index (χ4n) is 3.48. The summed E-state index contributed by atoms with van der Waals surface area (Å²) in [7, 11) is 0. The number of amides is 1. The summed E-state index contributed by atoms with van der Waals surface area (Å²) in [5, 5.41) is 15.8. The van der Waals surface area contributed by atoms with Crippen LogP contribution in [0.25, 0.3) is 5.65 Å². The van der Waals surface area contributed by atoms with Gasteiger partial charge >= 0.3 is 6.18 Å². The summed E-state index contributed by atoms with van der Waals surface area (Å²) in [6.45, 7) is 1.88. The summed E-state index contributed by atoms with van der Waals surface area (Å²) in [5.41, 5.74) is -0.183. The minimum Gasteiger partial charge on any atom is -0.354 e. The first-order chi connectivity index (χ1) is 14.4. The molecule has 0 bridgehead atoms. The lowest BCUT2D eigenvalue weighted by Gasteiger charge is -2.40. The number of fused-ring (bicyclic) bond motifs is 1. The molecular formula is C19H18F3N7O. The Morgan fingerprint density at radius 1 is 1.13 bits per heavy atom. The summed E-state index contributed by atoms with van der Waals surface area (Å²) in [6.07, 6.45) is -1.34. The Balaban J connectivity index is 1.15. The van der Waals surface area contributed by atoms with Crippen LogP contribution in [0.5, 0.6) is 0 Å². The van der Waals surface area contributed by atoms with Crippen molar-refractivity contribution in [2.75, 3.05) is 24.5 Å². The van der Waals surface area contributed by atoms with E-state index in [-0.39, 0.29) is 11.5 Å². The highest BCUT2D eigenvalue weighted by molar-refractivity contribution is 5.93. The predicted molar refractivity (Wildman–Crippen MR) is 100 cm³/mol. The van der Waals surface area contributed by atoms with Crippen LogP contribution >= 0.6 is 0 Å². The van der Waals surface area contributed by atoms with Gasteiger partial charge in [-0.3, -0.25) is 9.78 Å². The average Bonchev–Trinajstić information content (AvgIpc) is 3.45. The molecule has 1 saturated carbocycles. The number of pyridine rings is 1. The Morgan fingerprint density at radius 2 is 1.93 bits per heavy atom. The van der Waals surface area contributed by atoms with Gasteiger partial charge in [0.2, 0.25) is 0 Å². The van der Waals surface area contributed by atoms with Gasteiger partial charge in [-0.05, 0) is 37.1 Å². The Morgan fingerprint density at radius 3 is 2.60 bits per heavy atom. The number of anilines is 1. The molecule has 156 valence electrons. The van der Waals surface area contributed by atoms with Gasteiger partial charge in [0.05, 0.1) is 5.56 Å². The van der Waals surface area contributed by atoms with Crippen LogP contribution in [-0.4, -0.2) is 50.3 Å². The van der Waals surface area contributed by atoms with E-state index in [9.17, 15) is 18.0 Å². The van der Waals surface area contributed by atoms with Crippen LogP contribution < -0.4 is 10.2 Å². The van der Waals surface area contributed by atoms with E-state index in [2.05, 4.69) is 30.5 Å². The van der Waals surface area contributed by atoms with E-state index >= 15 is 0 Å². The van der Waals surface area contributed by atoms with Crippen LogP contribution in [0.15, 0.2) is 30.5 Å². The Bertz CT molecular complexity index is 1090. The number of carbonyl (C=O) groups is 1. The molecule has 1 N–H and O–H groups in total. The van der Waals surface area contributed by atoms with Gasteiger partial charge in [-0.1, -0.05) is 0 Å². The molecule has 2 aliphatic rings. The van der Waals surface area contributed by atoms with E-state index in [1.54, 1.807) is 4.52 Å².